The van der Waals surface area contributed by atoms with Crippen LogP contribution in [0.25, 0.3) is 11.2 Å². The van der Waals surface area contributed by atoms with Crippen molar-refractivity contribution in [2.75, 3.05) is 18.6 Å². The topological polar surface area (TPSA) is 129 Å². The Morgan fingerprint density at radius 2 is 2.19 bits per heavy atom. The van der Waals surface area contributed by atoms with Gasteiger partial charge in [0.1, 0.15) is 11.2 Å². The molecule has 9 nitrogen and oxygen atoms in total. The summed E-state index contributed by atoms with van der Waals surface area (Å²) in [6.07, 6.45) is 5.12. The SMILES string of the molecule is CCCCOc1nc(N)c2[nH]c(=O)n(Cc3ccc(C(=O)SC)nc3)c2n1. The van der Waals surface area contributed by atoms with Crippen molar-refractivity contribution in [2.24, 2.45) is 0 Å². The smallest absolute Gasteiger partial charge is 0.328 e. The quantitative estimate of drug-likeness (QED) is 0.587. The molecule has 10 heteroatoms. The first kappa shape index (κ1) is 18.9. The van der Waals surface area contributed by atoms with E-state index in [-0.39, 0.29) is 29.2 Å². The molecule has 0 bridgehead atoms. The predicted molar refractivity (Wildman–Crippen MR) is 104 cm³/mol. The van der Waals surface area contributed by atoms with Crippen LogP contribution in [0.15, 0.2) is 23.1 Å². The van der Waals surface area contributed by atoms with Gasteiger partial charge in [0.25, 0.3) is 0 Å². The number of anilines is 1. The van der Waals surface area contributed by atoms with Crippen molar-refractivity contribution < 1.29 is 9.53 Å². The third-order valence-electron chi connectivity index (χ3n) is 3.92. The van der Waals surface area contributed by atoms with Crippen LogP contribution >= 0.6 is 11.8 Å². The van der Waals surface area contributed by atoms with Crippen LogP contribution in [0.5, 0.6) is 6.01 Å². The molecule has 3 N–H and O–H groups in total. The molecule has 0 aliphatic carbocycles. The Morgan fingerprint density at radius 1 is 1.37 bits per heavy atom. The van der Waals surface area contributed by atoms with Crippen molar-refractivity contribution in [1.82, 2.24) is 24.5 Å². The third-order valence-corrected chi connectivity index (χ3v) is 4.50. The van der Waals surface area contributed by atoms with Crippen molar-refractivity contribution in [1.29, 1.82) is 0 Å². The van der Waals surface area contributed by atoms with Crippen molar-refractivity contribution in [3.05, 3.63) is 40.1 Å². The molecule has 0 fully saturated rings. The summed E-state index contributed by atoms with van der Waals surface area (Å²) in [5, 5.41) is -0.111. The molecule has 0 aliphatic heterocycles. The standard InChI is InChI=1S/C17H20N6O3S/c1-3-4-7-26-16-21-13(18)12-14(22-16)23(17(25)20-12)9-10-5-6-11(19-8-10)15(24)27-2/h5-6,8H,3-4,7,9H2,1-2H3,(H,20,25)(H2,18,21,22). The number of nitrogens with zero attached hydrogens (tertiary/aromatic N) is 4. The highest BCUT2D eigenvalue weighted by atomic mass is 32.2. The number of nitrogen functional groups attached to an aromatic ring is 1. The van der Waals surface area contributed by atoms with Crippen LogP contribution in [-0.4, -0.2) is 42.5 Å². The van der Waals surface area contributed by atoms with Gasteiger partial charge in [-0.25, -0.2) is 4.79 Å². The van der Waals surface area contributed by atoms with Crippen LogP contribution in [0, 0.1) is 0 Å². The molecule has 0 saturated carbocycles. The van der Waals surface area contributed by atoms with Crippen molar-refractivity contribution in [2.45, 2.75) is 26.3 Å². The molecule has 27 heavy (non-hydrogen) atoms. The molecule has 0 amide bonds. The molecule has 3 rings (SSSR count). The number of unbranched alkanes of at least 4 members (excludes halogenated alkanes) is 1. The average Bonchev–Trinajstić information content (AvgIpc) is 2.98. The molecule has 0 aliphatic rings. The summed E-state index contributed by atoms with van der Waals surface area (Å²) in [6.45, 7) is 2.76. The second kappa shape index (κ2) is 8.21. The molecule has 142 valence electrons. The molecule has 0 radical (unpaired) electrons. The highest BCUT2D eigenvalue weighted by Crippen LogP contribution is 2.19. The van der Waals surface area contributed by atoms with E-state index in [1.54, 1.807) is 24.6 Å². The number of pyridine rings is 1. The number of carbonyl (C=O) groups is 1. The Bertz CT molecular complexity index is 1010. The highest BCUT2D eigenvalue weighted by Gasteiger charge is 2.15. The normalized spacial score (nSPS) is 11.0. The number of ether oxygens (including phenoxy) is 1. The summed E-state index contributed by atoms with van der Waals surface area (Å²) in [6, 6.07) is 3.53. The monoisotopic (exact) mass is 388 g/mol. The zero-order valence-electron chi connectivity index (χ0n) is 15.1. The minimum absolute atomic E-state index is 0.111. The Kier molecular flexibility index (Phi) is 5.75. The summed E-state index contributed by atoms with van der Waals surface area (Å²) in [5.74, 6) is 0.154. The molecule has 0 spiro atoms. The maximum absolute atomic E-state index is 12.4. The number of aromatic amines is 1. The van der Waals surface area contributed by atoms with Gasteiger partial charge in [-0.05, 0) is 24.3 Å². The number of thioether (sulfide) groups is 1. The van der Waals surface area contributed by atoms with Crippen molar-refractivity contribution in [3.63, 3.8) is 0 Å². The third kappa shape index (κ3) is 4.11. The van der Waals surface area contributed by atoms with Crippen LogP contribution in [0.3, 0.4) is 0 Å². The number of nitrogens with two attached hydrogens (primary N) is 1. The van der Waals surface area contributed by atoms with E-state index in [1.807, 2.05) is 0 Å². The molecule has 0 atom stereocenters. The molecule has 0 saturated heterocycles. The van der Waals surface area contributed by atoms with Gasteiger partial charge in [0.05, 0.1) is 13.2 Å². The number of carbonyl (C=O) groups excluding carboxylic acids is 1. The summed E-state index contributed by atoms with van der Waals surface area (Å²) < 4.78 is 6.96. The van der Waals surface area contributed by atoms with Crippen LogP contribution in [-0.2, 0) is 6.54 Å². The molecule has 3 aromatic rings. The van der Waals surface area contributed by atoms with E-state index in [0.29, 0.717) is 23.5 Å². The minimum atomic E-state index is -0.360. The lowest BCUT2D eigenvalue weighted by Crippen LogP contribution is -2.18. The summed E-state index contributed by atoms with van der Waals surface area (Å²) in [5.41, 5.74) is 7.43. The zero-order valence-corrected chi connectivity index (χ0v) is 15.9. The number of fused-ring (bicyclic) bond motifs is 1. The number of imidazole rings is 1. The number of rotatable bonds is 7. The van der Waals surface area contributed by atoms with E-state index in [2.05, 4.69) is 26.9 Å². The average molecular weight is 388 g/mol. The van der Waals surface area contributed by atoms with E-state index >= 15 is 0 Å². The predicted octanol–water partition coefficient (Wildman–Crippen LogP) is 1.83. The van der Waals surface area contributed by atoms with Gasteiger partial charge in [-0.3, -0.25) is 14.3 Å². The minimum Gasteiger partial charge on any atom is -0.463 e. The first-order chi connectivity index (χ1) is 13.0. The fraction of sp³-hybridized carbons (Fsp3) is 0.353. The number of hydrogen-bond acceptors (Lipinski definition) is 8. The number of aromatic nitrogens is 5. The first-order valence-corrected chi connectivity index (χ1v) is 9.68. The Hall–Kier alpha value is -2.88. The lowest BCUT2D eigenvalue weighted by Gasteiger charge is -2.07. The van der Waals surface area contributed by atoms with Crippen molar-refractivity contribution in [3.8, 4) is 6.01 Å². The summed E-state index contributed by atoms with van der Waals surface area (Å²) in [7, 11) is 0. The van der Waals surface area contributed by atoms with Gasteiger partial charge in [-0.1, -0.05) is 31.2 Å². The van der Waals surface area contributed by atoms with Gasteiger partial charge in [-0.15, -0.1) is 0 Å². The lowest BCUT2D eigenvalue weighted by atomic mass is 10.2. The second-order valence-electron chi connectivity index (χ2n) is 5.85. The summed E-state index contributed by atoms with van der Waals surface area (Å²) >= 11 is 1.10. The van der Waals surface area contributed by atoms with Gasteiger partial charge in [0.2, 0.25) is 5.12 Å². The van der Waals surface area contributed by atoms with Gasteiger partial charge in [-0.2, -0.15) is 9.97 Å². The van der Waals surface area contributed by atoms with E-state index in [0.717, 1.165) is 30.2 Å². The Labute approximate surface area is 159 Å². The Morgan fingerprint density at radius 3 is 2.85 bits per heavy atom. The fourth-order valence-electron chi connectivity index (χ4n) is 2.48. The Balaban J connectivity index is 1.92. The van der Waals surface area contributed by atoms with E-state index in [4.69, 9.17) is 10.5 Å². The van der Waals surface area contributed by atoms with E-state index in [1.165, 1.54) is 4.57 Å². The maximum Gasteiger partial charge on any atom is 0.328 e. The molecule has 3 heterocycles. The van der Waals surface area contributed by atoms with Crippen LogP contribution < -0.4 is 16.2 Å². The van der Waals surface area contributed by atoms with Crippen LogP contribution in [0.4, 0.5) is 5.82 Å². The lowest BCUT2D eigenvalue weighted by molar-refractivity contribution is 0.108. The summed E-state index contributed by atoms with van der Waals surface area (Å²) in [4.78, 5) is 39.2. The van der Waals surface area contributed by atoms with Gasteiger partial charge in [0, 0.05) is 6.20 Å². The molecule has 0 aromatic carbocycles. The highest BCUT2D eigenvalue weighted by molar-refractivity contribution is 8.13. The zero-order chi connectivity index (χ0) is 19.4. The van der Waals surface area contributed by atoms with Crippen LogP contribution in [0.2, 0.25) is 0 Å². The first-order valence-electron chi connectivity index (χ1n) is 8.45. The van der Waals surface area contributed by atoms with Crippen LogP contribution in [0.1, 0.15) is 35.8 Å². The van der Waals surface area contributed by atoms with Gasteiger partial charge in [0.15, 0.2) is 11.5 Å². The number of hydrogen-bond donors (Lipinski definition) is 2. The molecule has 0 unspecified atom stereocenters. The molecular weight excluding hydrogens is 368 g/mol. The van der Waals surface area contributed by atoms with E-state index in [9.17, 15) is 9.59 Å². The largest absolute Gasteiger partial charge is 0.463 e. The number of nitrogens with one attached hydrogen (secondary N) is 1. The van der Waals surface area contributed by atoms with Gasteiger partial charge < -0.3 is 15.5 Å². The second-order valence-corrected chi connectivity index (χ2v) is 6.63. The number of H-pyrrole nitrogens is 1. The fourth-order valence-corrected chi connectivity index (χ4v) is 2.81. The molecular formula is C17H20N6O3S. The van der Waals surface area contributed by atoms with Crippen molar-refractivity contribution >= 4 is 33.9 Å². The van der Waals surface area contributed by atoms with Gasteiger partial charge >= 0.3 is 11.7 Å². The maximum atomic E-state index is 12.4. The molecule has 3 aromatic heterocycles. The van der Waals surface area contributed by atoms with E-state index < -0.39 is 0 Å².